The highest BCUT2D eigenvalue weighted by molar-refractivity contribution is 5.75. The molecule has 134 valence electrons. The van der Waals surface area contributed by atoms with Crippen LogP contribution in [-0.4, -0.2) is 53.1 Å². The standard InChI is InChI=1S/C20H32N2O2/c1-6-11-21-12-13-22(14-15(21)2)18(19(23)24)16-7-9-17(10-8-16)20(3,4)5/h7-10,15,18H,6,11-14H2,1-5H3,(H,23,24). The molecule has 0 aliphatic carbocycles. The predicted molar refractivity (Wildman–Crippen MR) is 98.4 cm³/mol. The topological polar surface area (TPSA) is 43.8 Å². The fraction of sp³-hybridized carbons (Fsp3) is 0.650. The van der Waals surface area contributed by atoms with Gasteiger partial charge in [-0.2, -0.15) is 0 Å². The highest BCUT2D eigenvalue weighted by Gasteiger charge is 2.33. The van der Waals surface area contributed by atoms with E-state index in [2.05, 4.69) is 56.6 Å². The number of piperazine rings is 1. The van der Waals surface area contributed by atoms with Gasteiger partial charge in [0.2, 0.25) is 0 Å². The van der Waals surface area contributed by atoms with Gasteiger partial charge in [-0.05, 0) is 36.4 Å². The zero-order valence-electron chi connectivity index (χ0n) is 15.7. The minimum absolute atomic E-state index is 0.0809. The summed E-state index contributed by atoms with van der Waals surface area (Å²) in [6.45, 7) is 14.5. The molecule has 0 saturated carbocycles. The fourth-order valence-electron chi connectivity index (χ4n) is 3.55. The van der Waals surface area contributed by atoms with Gasteiger partial charge in [0, 0.05) is 25.7 Å². The maximum Gasteiger partial charge on any atom is 0.325 e. The molecule has 0 spiro atoms. The molecule has 0 aromatic heterocycles. The zero-order valence-corrected chi connectivity index (χ0v) is 15.7. The maximum atomic E-state index is 11.9. The molecule has 1 N–H and O–H groups in total. The van der Waals surface area contributed by atoms with E-state index in [0.29, 0.717) is 6.04 Å². The SMILES string of the molecule is CCCN1CCN(C(C(=O)O)c2ccc(C(C)(C)C)cc2)CC1C. The first kappa shape index (κ1) is 18.9. The minimum atomic E-state index is -0.755. The Morgan fingerprint density at radius 2 is 1.88 bits per heavy atom. The van der Waals surface area contributed by atoms with E-state index in [1.54, 1.807) is 0 Å². The van der Waals surface area contributed by atoms with Crippen molar-refractivity contribution in [3.63, 3.8) is 0 Å². The molecule has 1 aromatic carbocycles. The molecule has 1 fully saturated rings. The molecule has 2 unspecified atom stereocenters. The number of carboxylic acids is 1. The number of hydrogen-bond donors (Lipinski definition) is 1. The lowest BCUT2D eigenvalue weighted by Crippen LogP contribution is -2.53. The van der Waals surface area contributed by atoms with Gasteiger partial charge < -0.3 is 5.11 Å². The number of carboxylic acid groups (broad SMARTS) is 1. The van der Waals surface area contributed by atoms with E-state index in [9.17, 15) is 9.90 Å². The van der Waals surface area contributed by atoms with E-state index >= 15 is 0 Å². The molecular formula is C20H32N2O2. The van der Waals surface area contributed by atoms with Crippen LogP contribution in [-0.2, 0) is 10.2 Å². The Bertz CT molecular complexity index is 548. The molecule has 1 heterocycles. The summed E-state index contributed by atoms with van der Waals surface area (Å²) < 4.78 is 0. The van der Waals surface area contributed by atoms with E-state index in [1.807, 2.05) is 12.1 Å². The quantitative estimate of drug-likeness (QED) is 0.896. The summed E-state index contributed by atoms with van der Waals surface area (Å²) in [6.07, 6.45) is 1.14. The second-order valence-electron chi connectivity index (χ2n) is 7.99. The predicted octanol–water partition coefficient (Wildman–Crippen LogP) is 3.53. The number of hydrogen-bond acceptors (Lipinski definition) is 3. The van der Waals surface area contributed by atoms with E-state index in [4.69, 9.17) is 0 Å². The number of rotatable bonds is 5. The Labute approximate surface area is 146 Å². The summed E-state index contributed by atoms with van der Waals surface area (Å²) in [5.74, 6) is -0.755. The van der Waals surface area contributed by atoms with Gasteiger partial charge in [-0.3, -0.25) is 14.6 Å². The molecule has 0 radical (unpaired) electrons. The Balaban J connectivity index is 2.17. The van der Waals surface area contributed by atoms with Crippen LogP contribution in [0.1, 0.15) is 58.2 Å². The lowest BCUT2D eigenvalue weighted by Gasteiger charge is -2.42. The van der Waals surface area contributed by atoms with Crippen molar-refractivity contribution in [3.8, 4) is 0 Å². The normalized spacial score (nSPS) is 21.6. The molecule has 2 rings (SSSR count). The molecule has 0 amide bonds. The van der Waals surface area contributed by atoms with Crippen LogP contribution in [0.25, 0.3) is 0 Å². The molecule has 4 heteroatoms. The van der Waals surface area contributed by atoms with Gasteiger partial charge in [-0.25, -0.2) is 0 Å². The first-order chi connectivity index (χ1) is 11.2. The Kier molecular flexibility index (Phi) is 6.05. The van der Waals surface area contributed by atoms with Crippen molar-refractivity contribution >= 4 is 5.97 Å². The third-order valence-electron chi connectivity index (χ3n) is 5.00. The summed E-state index contributed by atoms with van der Waals surface area (Å²) >= 11 is 0. The second kappa shape index (κ2) is 7.66. The number of nitrogens with zero attached hydrogens (tertiary/aromatic N) is 2. The average Bonchev–Trinajstić information content (AvgIpc) is 2.49. The minimum Gasteiger partial charge on any atom is -0.480 e. The Morgan fingerprint density at radius 3 is 2.33 bits per heavy atom. The smallest absolute Gasteiger partial charge is 0.325 e. The van der Waals surface area contributed by atoms with E-state index in [-0.39, 0.29) is 5.41 Å². The summed E-state index contributed by atoms with van der Waals surface area (Å²) in [4.78, 5) is 16.5. The first-order valence-corrected chi connectivity index (χ1v) is 9.05. The number of aliphatic carboxylic acids is 1. The van der Waals surface area contributed by atoms with Crippen molar-refractivity contribution in [2.75, 3.05) is 26.2 Å². The fourth-order valence-corrected chi connectivity index (χ4v) is 3.55. The van der Waals surface area contributed by atoms with Gasteiger partial charge in [0.25, 0.3) is 0 Å². The van der Waals surface area contributed by atoms with Crippen molar-refractivity contribution in [3.05, 3.63) is 35.4 Å². The molecular weight excluding hydrogens is 300 g/mol. The Morgan fingerprint density at radius 1 is 1.25 bits per heavy atom. The van der Waals surface area contributed by atoms with Crippen molar-refractivity contribution in [1.82, 2.24) is 9.80 Å². The first-order valence-electron chi connectivity index (χ1n) is 9.05. The average molecular weight is 332 g/mol. The largest absolute Gasteiger partial charge is 0.480 e. The van der Waals surface area contributed by atoms with Crippen LogP contribution in [0.3, 0.4) is 0 Å². The van der Waals surface area contributed by atoms with E-state index < -0.39 is 12.0 Å². The summed E-state index contributed by atoms with van der Waals surface area (Å²) in [5, 5.41) is 9.81. The van der Waals surface area contributed by atoms with Gasteiger partial charge in [0.05, 0.1) is 0 Å². The van der Waals surface area contributed by atoms with Crippen molar-refractivity contribution in [2.45, 2.75) is 58.5 Å². The summed E-state index contributed by atoms with van der Waals surface area (Å²) in [7, 11) is 0. The summed E-state index contributed by atoms with van der Waals surface area (Å²) in [6, 6.07) is 7.97. The molecule has 1 aliphatic rings. The van der Waals surface area contributed by atoms with Crippen molar-refractivity contribution in [1.29, 1.82) is 0 Å². The van der Waals surface area contributed by atoms with Crippen LogP contribution < -0.4 is 0 Å². The van der Waals surface area contributed by atoms with Crippen LogP contribution in [0, 0.1) is 0 Å². The molecule has 1 saturated heterocycles. The lowest BCUT2D eigenvalue weighted by molar-refractivity contribution is -0.144. The number of benzene rings is 1. The van der Waals surface area contributed by atoms with Gasteiger partial charge in [-0.15, -0.1) is 0 Å². The lowest BCUT2D eigenvalue weighted by atomic mass is 9.86. The molecule has 4 nitrogen and oxygen atoms in total. The van der Waals surface area contributed by atoms with Crippen LogP contribution in [0.4, 0.5) is 0 Å². The van der Waals surface area contributed by atoms with Crippen LogP contribution >= 0.6 is 0 Å². The monoisotopic (exact) mass is 332 g/mol. The molecule has 2 atom stereocenters. The maximum absolute atomic E-state index is 11.9. The van der Waals surface area contributed by atoms with Crippen LogP contribution in [0.2, 0.25) is 0 Å². The third kappa shape index (κ3) is 4.37. The molecule has 0 bridgehead atoms. The van der Waals surface area contributed by atoms with Gasteiger partial charge in [-0.1, -0.05) is 52.0 Å². The highest BCUT2D eigenvalue weighted by Crippen LogP contribution is 2.28. The highest BCUT2D eigenvalue weighted by atomic mass is 16.4. The van der Waals surface area contributed by atoms with E-state index in [1.165, 1.54) is 5.56 Å². The molecule has 24 heavy (non-hydrogen) atoms. The van der Waals surface area contributed by atoms with Crippen molar-refractivity contribution in [2.24, 2.45) is 0 Å². The molecule has 1 aromatic rings. The third-order valence-corrected chi connectivity index (χ3v) is 5.00. The van der Waals surface area contributed by atoms with Crippen molar-refractivity contribution < 1.29 is 9.90 Å². The van der Waals surface area contributed by atoms with Crippen LogP contribution in [0.5, 0.6) is 0 Å². The van der Waals surface area contributed by atoms with E-state index in [0.717, 1.165) is 38.2 Å². The summed E-state index contributed by atoms with van der Waals surface area (Å²) in [5.41, 5.74) is 2.19. The van der Waals surface area contributed by atoms with Gasteiger partial charge in [0.1, 0.15) is 6.04 Å². The number of carbonyl (C=O) groups is 1. The molecule has 1 aliphatic heterocycles. The van der Waals surface area contributed by atoms with Crippen LogP contribution in [0.15, 0.2) is 24.3 Å². The zero-order chi connectivity index (χ0) is 17.9. The Hall–Kier alpha value is -1.39. The second-order valence-corrected chi connectivity index (χ2v) is 7.99. The van der Waals surface area contributed by atoms with Gasteiger partial charge in [0.15, 0.2) is 0 Å². The van der Waals surface area contributed by atoms with Gasteiger partial charge >= 0.3 is 5.97 Å².